The first-order valence-corrected chi connectivity index (χ1v) is 7.91. The van der Waals surface area contributed by atoms with Gasteiger partial charge in [0.2, 0.25) is 5.13 Å². The van der Waals surface area contributed by atoms with Gasteiger partial charge in [-0.15, -0.1) is 0 Å². The maximum atomic E-state index is 13.0. The molecule has 2 fully saturated rings. The summed E-state index contributed by atoms with van der Waals surface area (Å²) in [5.74, 6) is 1.44. The first-order valence-electron chi connectivity index (χ1n) is 7.14. The molecule has 0 atom stereocenters. The molecule has 4 rings (SSSR count). The van der Waals surface area contributed by atoms with Gasteiger partial charge in [-0.2, -0.15) is 4.37 Å². The Morgan fingerprint density at radius 3 is 2.55 bits per heavy atom. The minimum absolute atomic E-state index is 0.182. The highest BCUT2D eigenvalue weighted by Gasteiger charge is 2.33. The van der Waals surface area contributed by atoms with Crippen LogP contribution in [0.1, 0.15) is 43.0 Å². The molecule has 0 unspecified atom stereocenters. The predicted octanol–water partition coefficient (Wildman–Crippen LogP) is 3.72. The van der Waals surface area contributed by atoms with Crippen LogP contribution in [0, 0.1) is 5.82 Å². The monoisotopic (exact) mass is 289 g/mol. The van der Waals surface area contributed by atoms with Crippen LogP contribution in [0.25, 0.3) is 0 Å². The van der Waals surface area contributed by atoms with Crippen molar-refractivity contribution < 1.29 is 4.39 Å². The molecule has 20 heavy (non-hydrogen) atoms. The van der Waals surface area contributed by atoms with Crippen molar-refractivity contribution in [1.29, 1.82) is 0 Å². The van der Waals surface area contributed by atoms with Crippen LogP contribution in [0.15, 0.2) is 24.3 Å². The molecule has 2 aliphatic carbocycles. The van der Waals surface area contributed by atoms with Gasteiger partial charge in [-0.25, -0.2) is 9.37 Å². The molecule has 2 aromatic rings. The van der Waals surface area contributed by atoms with Crippen LogP contribution in [0.2, 0.25) is 0 Å². The van der Waals surface area contributed by atoms with E-state index in [1.807, 2.05) is 12.1 Å². The Kier molecular flexibility index (Phi) is 2.95. The molecule has 3 nitrogen and oxygen atoms in total. The third-order valence-electron chi connectivity index (χ3n) is 3.87. The maximum absolute atomic E-state index is 13.0. The lowest BCUT2D eigenvalue weighted by Gasteiger charge is -2.21. The molecule has 1 aromatic carbocycles. The van der Waals surface area contributed by atoms with Crippen molar-refractivity contribution in [1.82, 2.24) is 9.36 Å². The second-order valence-electron chi connectivity index (χ2n) is 5.69. The fraction of sp³-hybridized carbons (Fsp3) is 0.467. The van der Waals surface area contributed by atoms with Gasteiger partial charge >= 0.3 is 0 Å². The van der Waals surface area contributed by atoms with E-state index in [9.17, 15) is 4.39 Å². The normalized spacial score (nSPS) is 18.2. The molecule has 0 radical (unpaired) electrons. The molecule has 1 aromatic heterocycles. The number of nitrogens with zero attached hydrogens (tertiary/aromatic N) is 3. The van der Waals surface area contributed by atoms with Crippen LogP contribution >= 0.6 is 11.5 Å². The molecular formula is C15H16FN3S. The number of benzene rings is 1. The fourth-order valence-corrected chi connectivity index (χ4v) is 3.19. The molecule has 0 saturated heterocycles. The third-order valence-corrected chi connectivity index (χ3v) is 4.64. The van der Waals surface area contributed by atoms with Crippen molar-refractivity contribution in [2.75, 3.05) is 4.90 Å². The van der Waals surface area contributed by atoms with E-state index in [0.717, 1.165) is 23.1 Å². The average molecular weight is 289 g/mol. The molecule has 0 spiro atoms. The lowest BCUT2D eigenvalue weighted by Crippen LogP contribution is -2.24. The summed E-state index contributed by atoms with van der Waals surface area (Å²) < 4.78 is 17.5. The highest BCUT2D eigenvalue weighted by atomic mass is 32.1. The van der Waals surface area contributed by atoms with Gasteiger partial charge in [-0.1, -0.05) is 12.1 Å². The molecule has 1 heterocycles. The fourth-order valence-electron chi connectivity index (χ4n) is 2.38. The second kappa shape index (κ2) is 4.81. The van der Waals surface area contributed by atoms with Crippen molar-refractivity contribution in [3.63, 3.8) is 0 Å². The standard InChI is InChI=1S/C15H16FN3S/c16-12-5-1-10(2-6-12)9-19(13-7-8-13)15-17-14(18-20-15)11-3-4-11/h1-2,5-6,11,13H,3-4,7-9H2. The minimum Gasteiger partial charge on any atom is -0.340 e. The Bertz CT molecular complexity index is 602. The minimum atomic E-state index is -0.182. The van der Waals surface area contributed by atoms with E-state index in [0.29, 0.717) is 12.0 Å². The van der Waals surface area contributed by atoms with Gasteiger partial charge in [0.25, 0.3) is 0 Å². The van der Waals surface area contributed by atoms with Gasteiger partial charge in [-0.05, 0) is 43.4 Å². The van der Waals surface area contributed by atoms with Crippen LogP contribution in [0.4, 0.5) is 9.52 Å². The Labute approximate surface area is 121 Å². The van der Waals surface area contributed by atoms with Gasteiger partial charge in [0.1, 0.15) is 11.6 Å². The number of anilines is 1. The third kappa shape index (κ3) is 2.54. The first kappa shape index (κ1) is 12.3. The quantitative estimate of drug-likeness (QED) is 0.840. The van der Waals surface area contributed by atoms with E-state index in [-0.39, 0.29) is 5.82 Å². The van der Waals surface area contributed by atoms with E-state index >= 15 is 0 Å². The van der Waals surface area contributed by atoms with Crippen LogP contribution < -0.4 is 4.90 Å². The molecular weight excluding hydrogens is 273 g/mol. The molecule has 5 heteroatoms. The first-order chi connectivity index (χ1) is 9.79. The van der Waals surface area contributed by atoms with E-state index in [1.165, 1.54) is 49.3 Å². The Hall–Kier alpha value is -1.49. The average Bonchev–Trinajstić information content (AvgIpc) is 3.37. The van der Waals surface area contributed by atoms with Crippen LogP contribution in [0.3, 0.4) is 0 Å². The number of aromatic nitrogens is 2. The molecule has 0 aliphatic heterocycles. The highest BCUT2D eigenvalue weighted by molar-refractivity contribution is 7.09. The smallest absolute Gasteiger partial charge is 0.205 e. The summed E-state index contributed by atoms with van der Waals surface area (Å²) in [6.45, 7) is 0.796. The van der Waals surface area contributed by atoms with Crippen LogP contribution in [0.5, 0.6) is 0 Å². The van der Waals surface area contributed by atoms with Gasteiger partial charge in [-0.3, -0.25) is 0 Å². The summed E-state index contributed by atoms with van der Waals surface area (Å²) >= 11 is 1.51. The molecule has 2 aliphatic rings. The summed E-state index contributed by atoms with van der Waals surface area (Å²) in [5, 5.41) is 1.03. The predicted molar refractivity (Wildman–Crippen MR) is 77.5 cm³/mol. The SMILES string of the molecule is Fc1ccc(CN(c2nc(C3CC3)ns2)C2CC2)cc1. The molecule has 2 saturated carbocycles. The summed E-state index contributed by atoms with van der Waals surface area (Å²) in [7, 11) is 0. The Morgan fingerprint density at radius 1 is 1.15 bits per heavy atom. The summed E-state index contributed by atoms with van der Waals surface area (Å²) in [6, 6.07) is 7.34. The number of halogens is 1. The highest BCUT2D eigenvalue weighted by Crippen LogP contribution is 2.41. The zero-order chi connectivity index (χ0) is 13.5. The van der Waals surface area contributed by atoms with Crippen LogP contribution in [-0.4, -0.2) is 15.4 Å². The lowest BCUT2D eigenvalue weighted by molar-refractivity contribution is 0.626. The summed E-state index contributed by atoms with van der Waals surface area (Å²) in [4.78, 5) is 7.04. The van der Waals surface area contributed by atoms with Crippen molar-refractivity contribution in [3.05, 3.63) is 41.5 Å². The maximum Gasteiger partial charge on any atom is 0.205 e. The number of hydrogen-bond acceptors (Lipinski definition) is 4. The number of hydrogen-bond donors (Lipinski definition) is 0. The van der Waals surface area contributed by atoms with Crippen molar-refractivity contribution in [2.45, 2.75) is 44.2 Å². The number of rotatable bonds is 5. The lowest BCUT2D eigenvalue weighted by atomic mass is 10.2. The summed E-state index contributed by atoms with van der Waals surface area (Å²) in [6.07, 6.45) is 4.91. The van der Waals surface area contributed by atoms with E-state index in [4.69, 9.17) is 4.98 Å². The molecule has 0 N–H and O–H groups in total. The second-order valence-corrected chi connectivity index (χ2v) is 6.43. The zero-order valence-electron chi connectivity index (χ0n) is 11.1. The zero-order valence-corrected chi connectivity index (χ0v) is 11.9. The van der Waals surface area contributed by atoms with E-state index in [2.05, 4.69) is 9.27 Å². The van der Waals surface area contributed by atoms with Crippen LogP contribution in [-0.2, 0) is 6.54 Å². The molecule has 0 bridgehead atoms. The van der Waals surface area contributed by atoms with Crippen molar-refractivity contribution in [3.8, 4) is 0 Å². The van der Waals surface area contributed by atoms with Gasteiger partial charge in [0, 0.05) is 30.0 Å². The van der Waals surface area contributed by atoms with Gasteiger partial charge < -0.3 is 4.90 Å². The molecule has 104 valence electrons. The summed E-state index contributed by atoms with van der Waals surface area (Å²) in [5.41, 5.74) is 1.13. The van der Waals surface area contributed by atoms with Crippen molar-refractivity contribution in [2.24, 2.45) is 0 Å². The van der Waals surface area contributed by atoms with Gasteiger partial charge in [0.05, 0.1) is 0 Å². The molecule has 0 amide bonds. The largest absolute Gasteiger partial charge is 0.340 e. The topological polar surface area (TPSA) is 29.0 Å². The van der Waals surface area contributed by atoms with Gasteiger partial charge in [0.15, 0.2) is 0 Å². The van der Waals surface area contributed by atoms with Crippen molar-refractivity contribution >= 4 is 16.7 Å². The van der Waals surface area contributed by atoms with E-state index in [1.54, 1.807) is 0 Å². The van der Waals surface area contributed by atoms with E-state index < -0.39 is 0 Å². The Balaban J connectivity index is 1.55. The Morgan fingerprint density at radius 2 is 1.90 bits per heavy atom.